The Morgan fingerprint density at radius 1 is 1.23 bits per heavy atom. The predicted molar refractivity (Wildman–Crippen MR) is 86.6 cm³/mol. The van der Waals surface area contributed by atoms with Gasteiger partial charge in [0.2, 0.25) is 5.91 Å². The second-order valence-corrected chi connectivity index (χ2v) is 5.76. The minimum absolute atomic E-state index is 0.0951. The van der Waals surface area contributed by atoms with E-state index in [1.165, 1.54) is 0 Å². The number of rotatable bonds is 4. The molecule has 2 amide bonds. The highest BCUT2D eigenvalue weighted by Gasteiger charge is 2.18. The first-order chi connectivity index (χ1) is 10.5. The molecule has 0 radical (unpaired) electrons. The number of aryl methyl sites for hydroxylation is 1. The lowest BCUT2D eigenvalue weighted by Gasteiger charge is -2.32. The van der Waals surface area contributed by atoms with Gasteiger partial charge in [0.15, 0.2) is 0 Å². The number of piperazine rings is 1. The molecule has 0 atom stereocenters. The van der Waals surface area contributed by atoms with Gasteiger partial charge < -0.3 is 20.9 Å². The van der Waals surface area contributed by atoms with Crippen molar-refractivity contribution in [2.24, 2.45) is 0 Å². The highest BCUT2D eigenvalue weighted by molar-refractivity contribution is 5.96. The van der Waals surface area contributed by atoms with E-state index >= 15 is 0 Å². The van der Waals surface area contributed by atoms with Gasteiger partial charge in [0.1, 0.15) is 0 Å². The van der Waals surface area contributed by atoms with Crippen molar-refractivity contribution >= 4 is 17.5 Å². The second-order valence-electron chi connectivity index (χ2n) is 5.76. The van der Waals surface area contributed by atoms with Crippen molar-refractivity contribution in [3.8, 4) is 0 Å². The van der Waals surface area contributed by atoms with Gasteiger partial charge in [-0.25, -0.2) is 0 Å². The van der Waals surface area contributed by atoms with Crippen LogP contribution in [0.15, 0.2) is 18.2 Å². The summed E-state index contributed by atoms with van der Waals surface area (Å²) in [5, 5.41) is 2.79. The Bertz CT molecular complexity index is 551. The lowest BCUT2D eigenvalue weighted by Crippen LogP contribution is -2.47. The van der Waals surface area contributed by atoms with Crippen LogP contribution in [0.5, 0.6) is 0 Å². The maximum atomic E-state index is 12.1. The van der Waals surface area contributed by atoms with Gasteiger partial charge in [-0.15, -0.1) is 0 Å². The summed E-state index contributed by atoms with van der Waals surface area (Å²) in [6.07, 6.45) is 0.330. The third-order valence-corrected chi connectivity index (χ3v) is 3.99. The molecular weight excluding hydrogens is 280 g/mol. The number of amides is 2. The first-order valence-corrected chi connectivity index (χ1v) is 7.58. The molecule has 0 bridgehead atoms. The van der Waals surface area contributed by atoms with Crippen molar-refractivity contribution in [1.82, 2.24) is 15.1 Å². The van der Waals surface area contributed by atoms with E-state index in [1.807, 2.05) is 17.9 Å². The first-order valence-electron chi connectivity index (χ1n) is 7.58. The van der Waals surface area contributed by atoms with Gasteiger partial charge in [-0.1, -0.05) is 6.07 Å². The van der Waals surface area contributed by atoms with Gasteiger partial charge in [-0.3, -0.25) is 9.59 Å². The molecule has 1 aliphatic heterocycles. The number of carbonyl (C=O) groups excluding carboxylic acids is 2. The van der Waals surface area contributed by atoms with Crippen LogP contribution in [0.1, 0.15) is 22.3 Å². The zero-order valence-electron chi connectivity index (χ0n) is 13.3. The number of nitrogen functional groups attached to an aromatic ring is 1. The molecule has 1 aliphatic rings. The molecule has 1 heterocycles. The van der Waals surface area contributed by atoms with Crippen molar-refractivity contribution < 1.29 is 9.59 Å². The van der Waals surface area contributed by atoms with Gasteiger partial charge in [0.25, 0.3) is 5.91 Å². The number of nitrogens with one attached hydrogen (secondary N) is 1. The van der Waals surface area contributed by atoms with E-state index in [0.717, 1.165) is 31.7 Å². The van der Waals surface area contributed by atoms with Crippen LogP contribution in [0.2, 0.25) is 0 Å². The maximum absolute atomic E-state index is 12.1. The molecule has 2 rings (SSSR count). The molecule has 22 heavy (non-hydrogen) atoms. The fourth-order valence-corrected chi connectivity index (χ4v) is 2.48. The average molecular weight is 304 g/mol. The summed E-state index contributed by atoms with van der Waals surface area (Å²) in [4.78, 5) is 28.3. The Labute approximate surface area is 131 Å². The number of benzene rings is 1. The van der Waals surface area contributed by atoms with E-state index in [2.05, 4.69) is 17.3 Å². The standard InChI is InChI=1S/C16H24N4O2/c1-12-3-4-13(17)11-14(12)16(22)18-6-5-15(21)20-9-7-19(2)8-10-20/h3-4,11H,5-10,17H2,1-2H3,(H,18,22). The molecule has 3 N–H and O–H groups in total. The number of nitrogens with two attached hydrogens (primary N) is 1. The molecule has 0 aromatic heterocycles. The Kier molecular flexibility index (Phi) is 5.38. The van der Waals surface area contributed by atoms with Gasteiger partial charge >= 0.3 is 0 Å². The summed E-state index contributed by atoms with van der Waals surface area (Å²) >= 11 is 0. The first kappa shape index (κ1) is 16.3. The molecule has 6 nitrogen and oxygen atoms in total. The van der Waals surface area contributed by atoms with E-state index in [1.54, 1.807) is 12.1 Å². The molecule has 0 aliphatic carbocycles. The molecule has 120 valence electrons. The Hall–Kier alpha value is -2.08. The van der Waals surface area contributed by atoms with Crippen LogP contribution >= 0.6 is 0 Å². The number of hydrogen-bond acceptors (Lipinski definition) is 4. The van der Waals surface area contributed by atoms with E-state index in [9.17, 15) is 9.59 Å². The normalized spacial score (nSPS) is 15.6. The third kappa shape index (κ3) is 4.21. The van der Waals surface area contributed by atoms with Crippen molar-refractivity contribution in [3.63, 3.8) is 0 Å². The summed E-state index contributed by atoms with van der Waals surface area (Å²) in [7, 11) is 2.05. The fourth-order valence-electron chi connectivity index (χ4n) is 2.48. The Morgan fingerprint density at radius 2 is 1.91 bits per heavy atom. The quantitative estimate of drug-likeness (QED) is 0.793. The van der Waals surface area contributed by atoms with E-state index in [4.69, 9.17) is 5.73 Å². The van der Waals surface area contributed by atoms with Crippen LogP contribution in [-0.2, 0) is 4.79 Å². The summed E-state index contributed by atoms with van der Waals surface area (Å²) in [6.45, 7) is 5.54. The van der Waals surface area contributed by atoms with Crippen molar-refractivity contribution in [2.75, 3.05) is 45.5 Å². The third-order valence-electron chi connectivity index (χ3n) is 3.99. The molecule has 1 fully saturated rings. The van der Waals surface area contributed by atoms with Crippen molar-refractivity contribution in [1.29, 1.82) is 0 Å². The minimum Gasteiger partial charge on any atom is -0.399 e. The van der Waals surface area contributed by atoms with Gasteiger partial charge in [0, 0.05) is 50.4 Å². The van der Waals surface area contributed by atoms with Gasteiger partial charge in [-0.05, 0) is 31.7 Å². The van der Waals surface area contributed by atoms with Crippen LogP contribution < -0.4 is 11.1 Å². The van der Waals surface area contributed by atoms with E-state index in [-0.39, 0.29) is 11.8 Å². The summed E-state index contributed by atoms with van der Waals surface area (Å²) in [5.74, 6) is -0.0892. The Morgan fingerprint density at radius 3 is 2.59 bits per heavy atom. The minimum atomic E-state index is -0.184. The number of hydrogen-bond donors (Lipinski definition) is 2. The smallest absolute Gasteiger partial charge is 0.251 e. The summed E-state index contributed by atoms with van der Waals surface area (Å²) in [5.41, 5.74) is 7.70. The molecule has 0 unspecified atom stereocenters. The zero-order valence-corrected chi connectivity index (χ0v) is 13.3. The highest BCUT2D eigenvalue weighted by Crippen LogP contribution is 2.12. The van der Waals surface area contributed by atoms with Crippen LogP contribution in [0, 0.1) is 6.92 Å². The summed E-state index contributed by atoms with van der Waals surface area (Å²) in [6, 6.07) is 5.25. The van der Waals surface area contributed by atoms with Crippen molar-refractivity contribution in [2.45, 2.75) is 13.3 Å². The van der Waals surface area contributed by atoms with Crippen LogP contribution in [0.25, 0.3) is 0 Å². The Balaban J connectivity index is 1.79. The molecule has 6 heteroatoms. The number of carbonyl (C=O) groups is 2. The van der Waals surface area contributed by atoms with Crippen LogP contribution in [0.4, 0.5) is 5.69 Å². The lowest BCUT2D eigenvalue weighted by atomic mass is 10.1. The van der Waals surface area contributed by atoms with E-state index in [0.29, 0.717) is 24.2 Å². The van der Waals surface area contributed by atoms with Crippen LogP contribution in [0.3, 0.4) is 0 Å². The molecule has 0 saturated carbocycles. The molecular formula is C16H24N4O2. The fraction of sp³-hybridized carbons (Fsp3) is 0.500. The molecule has 1 saturated heterocycles. The largest absolute Gasteiger partial charge is 0.399 e. The zero-order chi connectivity index (χ0) is 16.1. The lowest BCUT2D eigenvalue weighted by molar-refractivity contribution is -0.132. The number of nitrogens with zero attached hydrogens (tertiary/aromatic N) is 2. The van der Waals surface area contributed by atoms with Gasteiger partial charge in [0.05, 0.1) is 0 Å². The predicted octanol–water partition coefficient (Wildman–Crippen LogP) is 0.471. The number of likely N-dealkylation sites (N-methyl/N-ethyl adjacent to an activating group) is 1. The van der Waals surface area contributed by atoms with Crippen molar-refractivity contribution in [3.05, 3.63) is 29.3 Å². The molecule has 0 spiro atoms. The molecule has 1 aromatic carbocycles. The average Bonchev–Trinajstić information content (AvgIpc) is 2.50. The monoisotopic (exact) mass is 304 g/mol. The van der Waals surface area contributed by atoms with Crippen LogP contribution in [-0.4, -0.2) is 61.4 Å². The second kappa shape index (κ2) is 7.26. The van der Waals surface area contributed by atoms with E-state index < -0.39 is 0 Å². The highest BCUT2D eigenvalue weighted by atomic mass is 16.2. The summed E-state index contributed by atoms with van der Waals surface area (Å²) < 4.78 is 0. The topological polar surface area (TPSA) is 78.7 Å². The molecule has 1 aromatic rings. The number of anilines is 1. The maximum Gasteiger partial charge on any atom is 0.251 e. The SMILES string of the molecule is Cc1ccc(N)cc1C(=O)NCCC(=O)N1CCN(C)CC1. The van der Waals surface area contributed by atoms with Gasteiger partial charge in [-0.2, -0.15) is 0 Å².